The number of carbonyl (C=O) groups is 1. The normalized spacial score (nSPS) is 11.3. The topological polar surface area (TPSA) is 101 Å². The molecular weight excluding hydrogens is 306 g/mol. The molecule has 0 aliphatic heterocycles. The van der Waals surface area contributed by atoms with Crippen LogP contribution >= 0.6 is 11.6 Å². The van der Waals surface area contributed by atoms with Gasteiger partial charge in [-0.05, 0) is 18.2 Å². The minimum atomic E-state index is -3.87. The highest BCUT2D eigenvalue weighted by molar-refractivity contribution is 7.92. The van der Waals surface area contributed by atoms with Crippen LogP contribution in [0.2, 0.25) is 5.02 Å². The lowest BCUT2D eigenvalue weighted by atomic mass is 10.2. The Morgan fingerprint density at radius 3 is 2.70 bits per heavy atom. The van der Waals surface area contributed by atoms with Gasteiger partial charge in [-0.15, -0.1) is 0 Å². The number of nitrogens with one attached hydrogen (secondary N) is 1. The first-order valence-corrected chi connectivity index (χ1v) is 7.20. The van der Waals surface area contributed by atoms with Gasteiger partial charge in [0, 0.05) is 13.2 Å². The average Bonchev–Trinajstić information content (AvgIpc) is 2.79. The van der Waals surface area contributed by atoms with E-state index < -0.39 is 16.0 Å². The molecule has 2 N–H and O–H groups in total. The van der Waals surface area contributed by atoms with Gasteiger partial charge in [0.1, 0.15) is 4.90 Å². The van der Waals surface area contributed by atoms with Gasteiger partial charge in [-0.1, -0.05) is 11.6 Å². The third kappa shape index (κ3) is 2.91. The maximum absolute atomic E-state index is 12.1. The molecule has 1 aromatic heterocycles. The van der Waals surface area contributed by atoms with E-state index in [-0.39, 0.29) is 21.2 Å². The SMILES string of the molecule is Cn1cc(S(=O)(=O)Nc2cc(C(=O)O)ccc2Cl)cn1. The molecule has 0 fully saturated rings. The van der Waals surface area contributed by atoms with Crippen molar-refractivity contribution in [1.82, 2.24) is 9.78 Å². The van der Waals surface area contributed by atoms with Crippen molar-refractivity contribution in [2.24, 2.45) is 7.05 Å². The Morgan fingerprint density at radius 2 is 2.15 bits per heavy atom. The van der Waals surface area contributed by atoms with Gasteiger partial charge in [-0.2, -0.15) is 5.10 Å². The van der Waals surface area contributed by atoms with Crippen LogP contribution in [0.1, 0.15) is 10.4 Å². The Balaban J connectivity index is 2.39. The number of sulfonamides is 1. The molecule has 2 aromatic rings. The molecule has 1 aromatic carbocycles. The van der Waals surface area contributed by atoms with Gasteiger partial charge in [0.05, 0.1) is 22.5 Å². The number of aryl methyl sites for hydroxylation is 1. The van der Waals surface area contributed by atoms with E-state index in [1.165, 1.54) is 29.2 Å². The zero-order valence-electron chi connectivity index (χ0n) is 10.2. The number of halogens is 1. The lowest BCUT2D eigenvalue weighted by Crippen LogP contribution is -2.13. The Morgan fingerprint density at radius 1 is 1.45 bits per heavy atom. The number of carboxylic acid groups (broad SMARTS) is 1. The number of benzene rings is 1. The Kier molecular flexibility index (Phi) is 3.69. The maximum atomic E-state index is 12.1. The van der Waals surface area contributed by atoms with E-state index in [2.05, 4.69) is 9.82 Å². The maximum Gasteiger partial charge on any atom is 0.335 e. The summed E-state index contributed by atoms with van der Waals surface area (Å²) in [6.45, 7) is 0. The first-order chi connectivity index (χ1) is 9.29. The Hall–Kier alpha value is -2.06. The van der Waals surface area contributed by atoms with E-state index in [1.54, 1.807) is 7.05 Å². The first-order valence-electron chi connectivity index (χ1n) is 5.34. The summed E-state index contributed by atoms with van der Waals surface area (Å²) >= 11 is 5.86. The molecule has 106 valence electrons. The fourth-order valence-electron chi connectivity index (χ4n) is 1.48. The largest absolute Gasteiger partial charge is 0.478 e. The molecule has 9 heteroatoms. The smallest absolute Gasteiger partial charge is 0.335 e. The van der Waals surface area contributed by atoms with E-state index >= 15 is 0 Å². The number of rotatable bonds is 4. The van der Waals surface area contributed by atoms with Crippen LogP contribution in [0.15, 0.2) is 35.5 Å². The van der Waals surface area contributed by atoms with Crippen LogP contribution < -0.4 is 4.72 Å². The van der Waals surface area contributed by atoms with Crippen molar-refractivity contribution < 1.29 is 18.3 Å². The summed E-state index contributed by atoms with van der Waals surface area (Å²) in [5.41, 5.74) is -0.0753. The van der Waals surface area contributed by atoms with Crippen molar-refractivity contribution in [3.8, 4) is 0 Å². The molecular formula is C11H10ClN3O4S. The van der Waals surface area contributed by atoms with Crippen LogP contribution in [0.25, 0.3) is 0 Å². The number of anilines is 1. The number of hydrogen-bond donors (Lipinski definition) is 2. The van der Waals surface area contributed by atoms with E-state index in [0.717, 1.165) is 6.07 Å². The van der Waals surface area contributed by atoms with Crippen LogP contribution in [-0.4, -0.2) is 29.3 Å². The van der Waals surface area contributed by atoms with Gasteiger partial charge in [0.2, 0.25) is 0 Å². The van der Waals surface area contributed by atoms with E-state index in [9.17, 15) is 13.2 Å². The molecule has 0 saturated heterocycles. The van der Waals surface area contributed by atoms with Gasteiger partial charge in [0.15, 0.2) is 0 Å². The Labute approximate surface area is 119 Å². The summed E-state index contributed by atoms with van der Waals surface area (Å²) in [6.07, 6.45) is 2.49. The fraction of sp³-hybridized carbons (Fsp3) is 0.0909. The number of hydrogen-bond acceptors (Lipinski definition) is 4. The highest BCUT2D eigenvalue weighted by Crippen LogP contribution is 2.25. The molecule has 20 heavy (non-hydrogen) atoms. The molecule has 0 spiro atoms. The summed E-state index contributed by atoms with van der Waals surface area (Å²) in [4.78, 5) is 10.8. The molecule has 0 amide bonds. The second-order valence-corrected chi connectivity index (χ2v) is 6.04. The molecule has 0 saturated carbocycles. The third-order valence-electron chi connectivity index (χ3n) is 2.45. The molecule has 0 aliphatic carbocycles. The molecule has 0 aliphatic rings. The molecule has 0 bridgehead atoms. The molecule has 7 nitrogen and oxygen atoms in total. The van der Waals surface area contributed by atoms with Crippen molar-refractivity contribution in [2.45, 2.75) is 4.90 Å². The summed E-state index contributed by atoms with van der Waals surface area (Å²) in [7, 11) is -2.29. The first kappa shape index (κ1) is 14.4. The van der Waals surface area contributed by atoms with Gasteiger partial charge in [-0.3, -0.25) is 9.40 Å². The quantitative estimate of drug-likeness (QED) is 0.891. The molecule has 2 rings (SSSR count). The van der Waals surface area contributed by atoms with Crippen LogP contribution in [0, 0.1) is 0 Å². The zero-order chi connectivity index (χ0) is 14.9. The minimum absolute atomic E-state index is 0.00424. The number of nitrogens with zero attached hydrogens (tertiary/aromatic N) is 2. The summed E-state index contributed by atoms with van der Waals surface area (Å²) in [5.74, 6) is -1.18. The van der Waals surface area contributed by atoms with Crippen LogP contribution in [0.4, 0.5) is 5.69 Å². The predicted molar refractivity (Wildman–Crippen MR) is 72.4 cm³/mol. The van der Waals surface area contributed by atoms with Gasteiger partial charge < -0.3 is 5.11 Å². The van der Waals surface area contributed by atoms with Crippen molar-refractivity contribution in [3.05, 3.63) is 41.2 Å². The number of aromatic carboxylic acids is 1. The van der Waals surface area contributed by atoms with Gasteiger partial charge in [0.25, 0.3) is 10.0 Å². The van der Waals surface area contributed by atoms with Crippen LogP contribution in [0.3, 0.4) is 0 Å². The van der Waals surface area contributed by atoms with Crippen molar-refractivity contribution in [1.29, 1.82) is 0 Å². The lowest BCUT2D eigenvalue weighted by Gasteiger charge is -2.08. The highest BCUT2D eigenvalue weighted by Gasteiger charge is 2.18. The molecule has 0 radical (unpaired) electrons. The number of aromatic nitrogens is 2. The fourth-order valence-corrected chi connectivity index (χ4v) is 2.75. The van der Waals surface area contributed by atoms with E-state index in [4.69, 9.17) is 16.7 Å². The van der Waals surface area contributed by atoms with Gasteiger partial charge >= 0.3 is 5.97 Å². The third-order valence-corrected chi connectivity index (χ3v) is 4.10. The van der Waals surface area contributed by atoms with E-state index in [1.807, 2.05) is 0 Å². The molecule has 0 atom stereocenters. The van der Waals surface area contributed by atoms with Crippen molar-refractivity contribution >= 4 is 33.3 Å². The van der Waals surface area contributed by atoms with Crippen LogP contribution in [0.5, 0.6) is 0 Å². The average molecular weight is 316 g/mol. The molecule has 0 unspecified atom stereocenters. The van der Waals surface area contributed by atoms with Crippen LogP contribution in [-0.2, 0) is 17.1 Å². The standard InChI is InChI=1S/C11H10ClN3O4S/c1-15-6-8(5-13-15)20(18,19)14-10-4-7(11(16)17)2-3-9(10)12/h2-6,14H,1H3,(H,16,17). The zero-order valence-corrected chi connectivity index (χ0v) is 11.8. The monoisotopic (exact) mass is 315 g/mol. The van der Waals surface area contributed by atoms with Crippen molar-refractivity contribution in [2.75, 3.05) is 4.72 Å². The minimum Gasteiger partial charge on any atom is -0.478 e. The Bertz CT molecular complexity index is 770. The van der Waals surface area contributed by atoms with E-state index in [0.29, 0.717) is 0 Å². The summed E-state index contributed by atoms with van der Waals surface area (Å²) < 4.78 is 27.7. The van der Waals surface area contributed by atoms with Crippen molar-refractivity contribution in [3.63, 3.8) is 0 Å². The number of carboxylic acids is 1. The highest BCUT2D eigenvalue weighted by atomic mass is 35.5. The predicted octanol–water partition coefficient (Wildman–Crippen LogP) is 1.57. The molecule has 1 heterocycles. The second-order valence-electron chi connectivity index (χ2n) is 3.95. The second kappa shape index (κ2) is 5.14. The lowest BCUT2D eigenvalue weighted by molar-refractivity contribution is 0.0697. The summed E-state index contributed by atoms with van der Waals surface area (Å²) in [6, 6.07) is 3.75. The summed E-state index contributed by atoms with van der Waals surface area (Å²) in [5, 5.41) is 12.7. The van der Waals surface area contributed by atoms with Gasteiger partial charge in [-0.25, -0.2) is 13.2 Å².